The van der Waals surface area contributed by atoms with Gasteiger partial charge >= 0.3 is 0 Å². The lowest BCUT2D eigenvalue weighted by Gasteiger charge is -2.18. The Balaban J connectivity index is 1.51. The molecule has 0 aliphatic heterocycles. The van der Waals surface area contributed by atoms with Crippen molar-refractivity contribution in [1.82, 2.24) is 15.1 Å². The van der Waals surface area contributed by atoms with E-state index in [4.69, 9.17) is 0 Å². The van der Waals surface area contributed by atoms with Gasteiger partial charge in [-0.05, 0) is 49.2 Å². The molecule has 0 bridgehead atoms. The zero-order chi connectivity index (χ0) is 20.1. The molecule has 0 fully saturated rings. The number of nitrogens with one attached hydrogen (secondary N) is 1. The topological polar surface area (TPSA) is 58.1 Å². The Morgan fingerprint density at radius 1 is 1.18 bits per heavy atom. The van der Waals surface area contributed by atoms with E-state index in [2.05, 4.69) is 47.6 Å². The number of carbonyl (C=O) groups is 1. The molecule has 0 saturated heterocycles. The second-order valence-corrected chi connectivity index (χ2v) is 8.67. The smallest absolute Gasteiger partial charge is 0.233 e. The zero-order valence-electron chi connectivity index (χ0n) is 15.9. The number of halogens is 1. The molecule has 0 radical (unpaired) electrons. The Bertz CT molecular complexity index is 959. The minimum Gasteiger partial charge on any atom is -0.341 e. The number of aromatic nitrogens is 2. The Morgan fingerprint density at radius 2 is 1.93 bits per heavy atom. The molecule has 1 aromatic heterocycles. The summed E-state index contributed by atoms with van der Waals surface area (Å²) in [6.07, 6.45) is 0. The van der Waals surface area contributed by atoms with E-state index in [1.807, 2.05) is 7.05 Å². The molecule has 1 heterocycles. The Kier molecular flexibility index (Phi) is 6.64. The normalized spacial score (nSPS) is 10.7. The van der Waals surface area contributed by atoms with Gasteiger partial charge in [0, 0.05) is 19.3 Å². The van der Waals surface area contributed by atoms with Crippen molar-refractivity contribution >= 4 is 39.8 Å². The van der Waals surface area contributed by atoms with Crippen molar-refractivity contribution in [2.45, 2.75) is 24.7 Å². The molecule has 3 aromatic rings. The average molecular weight is 417 g/mol. The molecule has 0 unspecified atom stereocenters. The molecule has 0 aliphatic carbocycles. The van der Waals surface area contributed by atoms with Gasteiger partial charge in [-0.2, -0.15) is 0 Å². The molecule has 3 rings (SSSR count). The quantitative estimate of drug-likeness (QED) is 0.561. The van der Waals surface area contributed by atoms with E-state index in [9.17, 15) is 9.18 Å². The fraction of sp³-hybridized carbons (Fsp3) is 0.250. The first-order valence-corrected chi connectivity index (χ1v) is 10.5. The summed E-state index contributed by atoms with van der Waals surface area (Å²) in [6, 6.07) is 12.3. The Hall–Kier alpha value is -2.45. The first kappa shape index (κ1) is 20.3. The third-order valence-electron chi connectivity index (χ3n) is 4.15. The molecule has 146 valence electrons. The van der Waals surface area contributed by atoms with Crippen LogP contribution in [0.5, 0.6) is 0 Å². The van der Waals surface area contributed by atoms with Crippen molar-refractivity contribution in [1.29, 1.82) is 0 Å². The van der Waals surface area contributed by atoms with Crippen LogP contribution in [0.15, 0.2) is 46.8 Å². The van der Waals surface area contributed by atoms with Crippen molar-refractivity contribution in [3.05, 3.63) is 65.0 Å². The van der Waals surface area contributed by atoms with Crippen LogP contribution in [-0.4, -0.2) is 33.8 Å². The number of benzene rings is 2. The van der Waals surface area contributed by atoms with E-state index < -0.39 is 0 Å². The first-order chi connectivity index (χ1) is 13.4. The van der Waals surface area contributed by atoms with E-state index in [0.29, 0.717) is 21.8 Å². The van der Waals surface area contributed by atoms with Crippen LogP contribution in [-0.2, 0) is 11.3 Å². The lowest BCUT2D eigenvalue weighted by atomic mass is 10.1. The van der Waals surface area contributed by atoms with Crippen LogP contribution in [0.3, 0.4) is 0 Å². The van der Waals surface area contributed by atoms with Crippen molar-refractivity contribution in [2.24, 2.45) is 0 Å². The number of amides is 1. The van der Waals surface area contributed by atoms with Crippen LogP contribution < -0.4 is 5.32 Å². The molecule has 8 heteroatoms. The van der Waals surface area contributed by atoms with E-state index in [-0.39, 0.29) is 11.7 Å². The van der Waals surface area contributed by atoms with Gasteiger partial charge in [0.2, 0.25) is 11.0 Å². The maximum absolute atomic E-state index is 13.0. The maximum atomic E-state index is 13.0. The van der Waals surface area contributed by atoms with Crippen molar-refractivity contribution in [2.75, 3.05) is 18.1 Å². The van der Waals surface area contributed by atoms with Crippen LogP contribution >= 0.6 is 23.1 Å². The third-order valence-corrected chi connectivity index (χ3v) is 6.11. The summed E-state index contributed by atoms with van der Waals surface area (Å²) in [4.78, 5) is 14.2. The highest BCUT2D eigenvalue weighted by Crippen LogP contribution is 2.28. The van der Waals surface area contributed by atoms with Crippen molar-refractivity contribution in [3.63, 3.8) is 0 Å². The van der Waals surface area contributed by atoms with Crippen molar-refractivity contribution in [3.8, 4) is 0 Å². The summed E-state index contributed by atoms with van der Waals surface area (Å²) in [5, 5.41) is 11.8. The standard InChI is InChI=1S/C20H21FN4OS2/c1-13-4-5-15(14(2)10-13)11-25(3)18(26)12-27-20-24-23-19(28-20)22-17-8-6-16(21)7-9-17/h4-10H,11-12H2,1-3H3,(H,22,23). The first-order valence-electron chi connectivity index (χ1n) is 8.69. The number of thioether (sulfide) groups is 1. The van der Waals surface area contributed by atoms with Gasteiger partial charge in [0.15, 0.2) is 4.34 Å². The number of anilines is 2. The SMILES string of the molecule is Cc1ccc(CN(C)C(=O)CSc2nnc(Nc3ccc(F)cc3)s2)c(C)c1. The number of hydrogen-bond acceptors (Lipinski definition) is 6. The highest BCUT2D eigenvalue weighted by molar-refractivity contribution is 8.01. The van der Waals surface area contributed by atoms with Crippen LogP contribution in [0.4, 0.5) is 15.2 Å². The van der Waals surface area contributed by atoms with Crippen LogP contribution in [0.2, 0.25) is 0 Å². The Morgan fingerprint density at radius 3 is 2.64 bits per heavy atom. The van der Waals surface area contributed by atoms with Gasteiger partial charge < -0.3 is 10.2 Å². The minimum absolute atomic E-state index is 0.0354. The summed E-state index contributed by atoms with van der Waals surface area (Å²) in [7, 11) is 1.81. The second-order valence-electron chi connectivity index (χ2n) is 6.47. The number of nitrogens with zero attached hydrogens (tertiary/aromatic N) is 3. The van der Waals surface area contributed by atoms with Gasteiger partial charge in [-0.25, -0.2) is 4.39 Å². The van der Waals surface area contributed by atoms with Gasteiger partial charge in [-0.1, -0.05) is 46.9 Å². The molecule has 1 N–H and O–H groups in total. The summed E-state index contributed by atoms with van der Waals surface area (Å²) in [5.74, 6) is 0.0443. The van der Waals surface area contributed by atoms with Crippen LogP contribution in [0.1, 0.15) is 16.7 Å². The molecule has 0 aliphatic rings. The fourth-order valence-corrected chi connectivity index (χ4v) is 4.29. The molecule has 0 atom stereocenters. The van der Waals surface area contributed by atoms with Crippen LogP contribution in [0.25, 0.3) is 0 Å². The molecule has 28 heavy (non-hydrogen) atoms. The maximum Gasteiger partial charge on any atom is 0.233 e. The van der Waals surface area contributed by atoms with E-state index in [1.54, 1.807) is 17.0 Å². The monoisotopic (exact) mass is 416 g/mol. The molecular weight excluding hydrogens is 395 g/mol. The highest BCUT2D eigenvalue weighted by atomic mass is 32.2. The fourth-order valence-electron chi connectivity index (χ4n) is 2.58. The largest absolute Gasteiger partial charge is 0.341 e. The third kappa shape index (κ3) is 5.53. The summed E-state index contributed by atoms with van der Waals surface area (Å²) in [5.41, 5.74) is 4.28. The number of aryl methyl sites for hydroxylation is 2. The lowest BCUT2D eigenvalue weighted by Crippen LogP contribution is -2.28. The average Bonchev–Trinajstić information content (AvgIpc) is 3.11. The second kappa shape index (κ2) is 9.16. The van der Waals surface area contributed by atoms with Gasteiger partial charge in [-0.3, -0.25) is 4.79 Å². The molecule has 2 aromatic carbocycles. The lowest BCUT2D eigenvalue weighted by molar-refractivity contribution is -0.127. The highest BCUT2D eigenvalue weighted by Gasteiger charge is 2.13. The minimum atomic E-state index is -0.289. The summed E-state index contributed by atoms with van der Waals surface area (Å²) >= 11 is 2.72. The van der Waals surface area contributed by atoms with E-state index >= 15 is 0 Å². The van der Waals surface area contributed by atoms with Crippen molar-refractivity contribution < 1.29 is 9.18 Å². The predicted octanol–water partition coefficient (Wildman–Crippen LogP) is 4.79. The number of rotatable bonds is 7. The van der Waals surface area contributed by atoms with Crippen LogP contribution in [0, 0.1) is 19.7 Å². The summed E-state index contributed by atoms with van der Waals surface area (Å²) < 4.78 is 13.7. The predicted molar refractivity (Wildman–Crippen MR) is 113 cm³/mol. The van der Waals surface area contributed by atoms with E-state index in [1.165, 1.54) is 46.4 Å². The van der Waals surface area contributed by atoms with Gasteiger partial charge in [0.05, 0.1) is 5.75 Å². The Labute approximate surface area is 172 Å². The summed E-state index contributed by atoms with van der Waals surface area (Å²) in [6.45, 7) is 4.70. The molecule has 1 amide bonds. The van der Waals surface area contributed by atoms with Gasteiger partial charge in [0.1, 0.15) is 5.82 Å². The number of hydrogen-bond donors (Lipinski definition) is 1. The number of carbonyl (C=O) groups excluding carboxylic acids is 1. The zero-order valence-corrected chi connectivity index (χ0v) is 17.5. The molecule has 5 nitrogen and oxygen atoms in total. The van der Waals surface area contributed by atoms with Gasteiger partial charge in [-0.15, -0.1) is 10.2 Å². The van der Waals surface area contributed by atoms with Gasteiger partial charge in [0.25, 0.3) is 0 Å². The van der Waals surface area contributed by atoms with E-state index in [0.717, 1.165) is 11.3 Å². The molecular formula is C20H21FN4OS2. The molecule has 0 saturated carbocycles. The molecule has 0 spiro atoms.